The fourth-order valence-electron chi connectivity index (χ4n) is 2.83. The van der Waals surface area contributed by atoms with Gasteiger partial charge in [0.25, 0.3) is 5.91 Å². The first-order valence-corrected chi connectivity index (χ1v) is 10.7. The number of ether oxygens (including phenoxy) is 3. The van der Waals surface area contributed by atoms with Crippen molar-refractivity contribution in [2.75, 3.05) is 19.0 Å². The number of nitrogens with one attached hydrogen (secondary N) is 1. The van der Waals surface area contributed by atoms with Crippen LogP contribution in [0.25, 0.3) is 5.76 Å². The van der Waals surface area contributed by atoms with Gasteiger partial charge in [-0.1, -0.05) is 31.5 Å². The molecule has 0 spiro atoms. The highest BCUT2D eigenvalue weighted by Crippen LogP contribution is 2.41. The molecule has 3 rings (SSSR count). The highest BCUT2D eigenvalue weighted by Gasteiger charge is 2.31. The van der Waals surface area contributed by atoms with Crippen LogP contribution in [0.15, 0.2) is 59.3 Å². The number of amides is 1. The molecule has 1 atom stereocenters. The summed E-state index contributed by atoms with van der Waals surface area (Å²) >= 11 is 1.40. The number of aromatic nitrogens is 1. The standard InChI is InChI=1S/C22H25N3O5S/c1-4-5-14-28-22(27)30-15(2)29-20-16-10-6-7-11-17(16)31-25(3)19(20)21(26)24-18-12-8-9-13-23-18/h6-13,15H,4-5,14H2,1-3H3,(H,23,24,26). The molecule has 1 N–H and O–H groups in total. The van der Waals surface area contributed by atoms with Gasteiger partial charge in [-0.2, -0.15) is 0 Å². The lowest BCUT2D eigenvalue weighted by Gasteiger charge is -2.30. The van der Waals surface area contributed by atoms with Gasteiger partial charge in [-0.05, 0) is 42.6 Å². The van der Waals surface area contributed by atoms with Crippen LogP contribution >= 0.6 is 11.9 Å². The Morgan fingerprint density at radius 3 is 2.71 bits per heavy atom. The molecule has 1 amide bonds. The summed E-state index contributed by atoms with van der Waals surface area (Å²) in [6.07, 6.45) is 1.47. The highest BCUT2D eigenvalue weighted by molar-refractivity contribution is 7.97. The van der Waals surface area contributed by atoms with E-state index >= 15 is 0 Å². The van der Waals surface area contributed by atoms with Crippen molar-refractivity contribution in [3.63, 3.8) is 0 Å². The molecule has 0 bridgehead atoms. The zero-order valence-corrected chi connectivity index (χ0v) is 18.5. The lowest BCUT2D eigenvalue weighted by molar-refractivity contribution is -0.114. The number of anilines is 1. The zero-order valence-electron chi connectivity index (χ0n) is 17.7. The molecule has 9 heteroatoms. The fraction of sp³-hybridized carbons (Fsp3) is 0.318. The van der Waals surface area contributed by atoms with E-state index in [9.17, 15) is 9.59 Å². The van der Waals surface area contributed by atoms with Crippen LogP contribution in [0.2, 0.25) is 0 Å². The average Bonchev–Trinajstić information content (AvgIpc) is 2.74. The summed E-state index contributed by atoms with van der Waals surface area (Å²) < 4.78 is 17.9. The summed E-state index contributed by atoms with van der Waals surface area (Å²) in [5, 5.41) is 2.78. The number of rotatable bonds is 8. The minimum Gasteiger partial charge on any atom is -0.452 e. The third-order valence-corrected chi connectivity index (χ3v) is 5.29. The molecule has 1 aliphatic heterocycles. The second kappa shape index (κ2) is 10.7. The molecule has 0 saturated carbocycles. The van der Waals surface area contributed by atoms with Crippen molar-refractivity contribution in [2.24, 2.45) is 0 Å². The number of pyridine rings is 1. The molecule has 0 aliphatic carbocycles. The minimum atomic E-state index is -0.966. The monoisotopic (exact) mass is 443 g/mol. The molecule has 1 aromatic heterocycles. The number of carbonyl (C=O) groups excluding carboxylic acids is 2. The number of benzene rings is 1. The molecule has 2 heterocycles. The van der Waals surface area contributed by atoms with Crippen LogP contribution in [-0.2, 0) is 19.0 Å². The smallest absolute Gasteiger partial charge is 0.452 e. The highest BCUT2D eigenvalue weighted by atomic mass is 32.2. The van der Waals surface area contributed by atoms with E-state index in [0.717, 1.165) is 23.3 Å². The van der Waals surface area contributed by atoms with Gasteiger partial charge in [0, 0.05) is 30.6 Å². The molecule has 1 unspecified atom stereocenters. The van der Waals surface area contributed by atoms with Gasteiger partial charge in [-0.25, -0.2) is 9.78 Å². The van der Waals surface area contributed by atoms with Gasteiger partial charge in [-0.15, -0.1) is 0 Å². The van der Waals surface area contributed by atoms with Crippen molar-refractivity contribution in [3.05, 3.63) is 59.9 Å². The molecular formula is C22H25N3O5S. The van der Waals surface area contributed by atoms with E-state index in [-0.39, 0.29) is 12.3 Å². The summed E-state index contributed by atoms with van der Waals surface area (Å²) in [5.74, 6) is 0.329. The van der Waals surface area contributed by atoms with Gasteiger partial charge in [0.05, 0.1) is 6.61 Å². The SMILES string of the molecule is CCCCOC(=O)OC(C)OC1=C(C(=O)Nc2ccccn2)N(C)Sc2ccccc21. The number of likely N-dealkylation sites (N-methyl/N-ethyl adjacent to an activating group) is 1. The lowest BCUT2D eigenvalue weighted by atomic mass is 10.1. The van der Waals surface area contributed by atoms with Crippen LogP contribution in [-0.4, -0.2) is 41.3 Å². The summed E-state index contributed by atoms with van der Waals surface area (Å²) in [6, 6.07) is 12.8. The van der Waals surface area contributed by atoms with Gasteiger partial charge in [0.2, 0.25) is 6.29 Å². The Labute approximate surface area is 185 Å². The van der Waals surface area contributed by atoms with Gasteiger partial charge < -0.3 is 23.8 Å². The van der Waals surface area contributed by atoms with Crippen molar-refractivity contribution in [3.8, 4) is 0 Å². The van der Waals surface area contributed by atoms with Crippen LogP contribution in [0.3, 0.4) is 0 Å². The van der Waals surface area contributed by atoms with E-state index in [1.807, 2.05) is 31.2 Å². The second-order valence-electron chi connectivity index (χ2n) is 6.69. The molecule has 1 aromatic carbocycles. The first-order chi connectivity index (χ1) is 15.0. The number of hydrogen-bond donors (Lipinski definition) is 1. The maximum absolute atomic E-state index is 13.1. The normalized spacial score (nSPS) is 13.8. The van der Waals surface area contributed by atoms with Crippen molar-refractivity contribution in [1.82, 2.24) is 9.29 Å². The Balaban J connectivity index is 1.85. The maximum Gasteiger partial charge on any atom is 0.511 e. The van der Waals surface area contributed by atoms with Crippen molar-refractivity contribution in [1.29, 1.82) is 0 Å². The molecule has 0 radical (unpaired) electrons. The minimum absolute atomic E-state index is 0.282. The number of fused-ring (bicyclic) bond motifs is 1. The molecule has 0 fully saturated rings. The molecule has 164 valence electrons. The first-order valence-electron chi connectivity index (χ1n) is 9.97. The van der Waals surface area contributed by atoms with Gasteiger partial charge >= 0.3 is 6.16 Å². The summed E-state index contributed by atoms with van der Waals surface area (Å²) in [4.78, 5) is 30.0. The van der Waals surface area contributed by atoms with Gasteiger partial charge in [0.15, 0.2) is 11.5 Å². The van der Waals surface area contributed by atoms with Crippen molar-refractivity contribution >= 4 is 35.6 Å². The van der Waals surface area contributed by atoms with E-state index in [1.54, 1.807) is 42.7 Å². The Morgan fingerprint density at radius 2 is 1.97 bits per heavy atom. The number of hydrogen-bond acceptors (Lipinski definition) is 8. The van der Waals surface area contributed by atoms with Crippen LogP contribution in [0.1, 0.15) is 32.3 Å². The lowest BCUT2D eigenvalue weighted by Crippen LogP contribution is -2.30. The number of nitrogens with zero attached hydrogens (tertiary/aromatic N) is 2. The predicted molar refractivity (Wildman–Crippen MR) is 118 cm³/mol. The van der Waals surface area contributed by atoms with Crippen LogP contribution in [0, 0.1) is 0 Å². The van der Waals surface area contributed by atoms with Crippen LogP contribution in [0.4, 0.5) is 10.6 Å². The van der Waals surface area contributed by atoms with E-state index in [4.69, 9.17) is 14.2 Å². The molecular weight excluding hydrogens is 418 g/mol. The fourth-order valence-corrected chi connectivity index (χ4v) is 3.79. The summed E-state index contributed by atoms with van der Waals surface area (Å²) in [5.41, 5.74) is 1.01. The predicted octanol–water partition coefficient (Wildman–Crippen LogP) is 4.66. The van der Waals surface area contributed by atoms with Crippen LogP contribution < -0.4 is 5.32 Å². The maximum atomic E-state index is 13.1. The second-order valence-corrected chi connectivity index (χ2v) is 7.86. The first kappa shape index (κ1) is 22.5. The zero-order chi connectivity index (χ0) is 22.2. The Kier molecular flexibility index (Phi) is 7.77. The summed E-state index contributed by atoms with van der Waals surface area (Å²) in [6.45, 7) is 3.86. The van der Waals surface area contributed by atoms with Crippen molar-refractivity contribution in [2.45, 2.75) is 37.9 Å². The van der Waals surface area contributed by atoms with E-state index in [2.05, 4.69) is 10.3 Å². The number of carbonyl (C=O) groups is 2. The Morgan fingerprint density at radius 1 is 1.19 bits per heavy atom. The van der Waals surface area contributed by atoms with Crippen molar-refractivity contribution < 1.29 is 23.8 Å². The topological polar surface area (TPSA) is 90.0 Å². The Hall–Kier alpha value is -3.20. The van der Waals surface area contributed by atoms with Crippen LogP contribution in [0.5, 0.6) is 0 Å². The van der Waals surface area contributed by atoms with E-state index < -0.39 is 18.4 Å². The summed E-state index contributed by atoms with van der Waals surface area (Å²) in [7, 11) is 1.77. The largest absolute Gasteiger partial charge is 0.511 e. The molecule has 1 aliphatic rings. The Bertz CT molecular complexity index is 951. The average molecular weight is 444 g/mol. The molecule has 2 aromatic rings. The van der Waals surface area contributed by atoms with E-state index in [1.165, 1.54) is 11.9 Å². The molecule has 0 saturated heterocycles. The van der Waals surface area contributed by atoms with E-state index in [0.29, 0.717) is 11.6 Å². The third-order valence-electron chi connectivity index (χ3n) is 4.28. The number of unbranched alkanes of at least 4 members (excludes halogenated alkanes) is 1. The van der Waals surface area contributed by atoms with Gasteiger partial charge in [-0.3, -0.25) is 4.79 Å². The third kappa shape index (κ3) is 5.91. The quantitative estimate of drug-likeness (QED) is 0.273. The molecule has 31 heavy (non-hydrogen) atoms. The molecule has 8 nitrogen and oxygen atoms in total. The van der Waals surface area contributed by atoms with Gasteiger partial charge in [0.1, 0.15) is 5.82 Å².